The van der Waals surface area contributed by atoms with Crippen LogP contribution >= 0.6 is 0 Å². The van der Waals surface area contributed by atoms with Gasteiger partial charge in [0.2, 0.25) is 5.78 Å². The number of hydrogen-bond acceptors (Lipinski definition) is 4. The topological polar surface area (TPSA) is 63.6 Å². The fourth-order valence-corrected chi connectivity index (χ4v) is 1.68. The number of aliphatic hydroxyl groups is 1. The molecular formula is C17H20F2O4. The third-order valence-corrected chi connectivity index (χ3v) is 2.74. The second-order valence-electron chi connectivity index (χ2n) is 6.02. The molecule has 0 aliphatic heterocycles. The Balaban J connectivity index is 2.70. The Morgan fingerprint density at radius 2 is 1.78 bits per heavy atom. The van der Waals surface area contributed by atoms with E-state index in [1.54, 1.807) is 51.1 Å². The minimum Gasteiger partial charge on any atom is -0.460 e. The summed E-state index contributed by atoms with van der Waals surface area (Å²) in [6.07, 6.45) is -1.32. The maximum atomic E-state index is 13.8. The van der Waals surface area contributed by atoms with Crippen molar-refractivity contribution in [3.05, 3.63) is 42.0 Å². The zero-order valence-corrected chi connectivity index (χ0v) is 13.3. The molecule has 0 spiro atoms. The van der Waals surface area contributed by atoms with Crippen LogP contribution < -0.4 is 0 Å². The number of rotatable bonds is 6. The Morgan fingerprint density at radius 1 is 1.22 bits per heavy atom. The van der Waals surface area contributed by atoms with Crippen LogP contribution in [0.2, 0.25) is 0 Å². The lowest BCUT2D eigenvalue weighted by Crippen LogP contribution is -2.42. The molecule has 0 heterocycles. The van der Waals surface area contributed by atoms with E-state index in [-0.39, 0.29) is 0 Å². The molecular weight excluding hydrogens is 306 g/mol. The van der Waals surface area contributed by atoms with Gasteiger partial charge in [-0.1, -0.05) is 36.4 Å². The van der Waals surface area contributed by atoms with Crippen molar-refractivity contribution in [2.45, 2.75) is 44.8 Å². The standard InChI is InChI=1S/C17H20F2O4/c1-16(2,3)23-15(22)11-14(21)17(18,19)13(20)10-9-12-7-5-4-6-8-12/h4-10,13,20H,11H2,1-3H3/b10-9-. The predicted octanol–water partition coefficient (Wildman–Crippen LogP) is 3.00. The van der Waals surface area contributed by atoms with Crippen LogP contribution in [0, 0.1) is 0 Å². The molecule has 0 amide bonds. The largest absolute Gasteiger partial charge is 0.460 e. The Kier molecular flexibility index (Phi) is 6.15. The van der Waals surface area contributed by atoms with Crippen molar-refractivity contribution in [3.8, 4) is 0 Å². The van der Waals surface area contributed by atoms with E-state index in [0.717, 1.165) is 6.08 Å². The van der Waals surface area contributed by atoms with Crippen molar-refractivity contribution in [3.63, 3.8) is 0 Å². The Bertz CT molecular complexity index is 574. The molecule has 0 radical (unpaired) electrons. The van der Waals surface area contributed by atoms with Crippen LogP contribution in [-0.2, 0) is 14.3 Å². The summed E-state index contributed by atoms with van der Waals surface area (Å²) in [5, 5.41) is 9.54. The third kappa shape index (κ3) is 6.28. The van der Waals surface area contributed by atoms with Gasteiger partial charge in [-0.2, -0.15) is 8.78 Å². The molecule has 1 rings (SSSR count). The van der Waals surface area contributed by atoms with Gasteiger partial charge in [-0.25, -0.2) is 0 Å². The molecule has 0 saturated carbocycles. The van der Waals surface area contributed by atoms with E-state index in [2.05, 4.69) is 0 Å². The zero-order chi connectivity index (χ0) is 17.7. The monoisotopic (exact) mass is 326 g/mol. The van der Waals surface area contributed by atoms with Gasteiger partial charge >= 0.3 is 11.9 Å². The summed E-state index contributed by atoms with van der Waals surface area (Å²) in [7, 11) is 0. The number of esters is 1. The van der Waals surface area contributed by atoms with E-state index < -0.39 is 35.8 Å². The number of ketones is 1. The van der Waals surface area contributed by atoms with E-state index in [0.29, 0.717) is 5.56 Å². The van der Waals surface area contributed by atoms with Crippen molar-refractivity contribution >= 4 is 17.8 Å². The maximum Gasteiger partial charge on any atom is 0.334 e. The molecule has 1 unspecified atom stereocenters. The fourth-order valence-electron chi connectivity index (χ4n) is 1.68. The molecule has 1 N–H and O–H groups in total. The number of aliphatic hydroxyl groups excluding tert-OH is 1. The highest BCUT2D eigenvalue weighted by Crippen LogP contribution is 2.24. The fraction of sp³-hybridized carbons (Fsp3) is 0.412. The summed E-state index contributed by atoms with van der Waals surface area (Å²) in [6, 6.07) is 8.48. The molecule has 23 heavy (non-hydrogen) atoms. The maximum absolute atomic E-state index is 13.8. The molecule has 1 atom stereocenters. The summed E-state index contributed by atoms with van der Waals surface area (Å²) >= 11 is 0. The average Bonchev–Trinajstić information content (AvgIpc) is 2.43. The van der Waals surface area contributed by atoms with Gasteiger partial charge in [0.05, 0.1) is 0 Å². The second-order valence-corrected chi connectivity index (χ2v) is 6.02. The quantitative estimate of drug-likeness (QED) is 0.645. The van der Waals surface area contributed by atoms with Gasteiger partial charge in [0, 0.05) is 0 Å². The first kappa shape index (κ1) is 19.0. The molecule has 6 heteroatoms. The molecule has 0 aliphatic rings. The second kappa shape index (κ2) is 7.46. The van der Waals surface area contributed by atoms with Gasteiger partial charge < -0.3 is 9.84 Å². The molecule has 0 saturated heterocycles. The Labute approximate surface area is 133 Å². The van der Waals surface area contributed by atoms with E-state index >= 15 is 0 Å². The molecule has 1 aromatic rings. The SMILES string of the molecule is CC(C)(C)OC(=O)CC(=O)C(F)(F)C(O)/C=C\c1ccccc1. The van der Waals surface area contributed by atoms with Crippen LogP contribution in [0.3, 0.4) is 0 Å². The Hall–Kier alpha value is -2.08. The van der Waals surface area contributed by atoms with Crippen LogP contribution in [0.4, 0.5) is 8.78 Å². The third-order valence-electron chi connectivity index (χ3n) is 2.74. The van der Waals surface area contributed by atoms with E-state index in [4.69, 9.17) is 4.74 Å². The first-order chi connectivity index (χ1) is 10.5. The van der Waals surface area contributed by atoms with Gasteiger partial charge in [0.15, 0.2) is 0 Å². The summed E-state index contributed by atoms with van der Waals surface area (Å²) in [5.41, 5.74) is -0.277. The van der Waals surface area contributed by atoms with Crippen molar-refractivity contribution in [2.75, 3.05) is 0 Å². The molecule has 126 valence electrons. The average molecular weight is 326 g/mol. The van der Waals surface area contributed by atoms with E-state index in [1.807, 2.05) is 0 Å². The van der Waals surface area contributed by atoms with Crippen molar-refractivity contribution in [2.24, 2.45) is 0 Å². The minimum atomic E-state index is -4.07. The first-order valence-corrected chi connectivity index (χ1v) is 7.06. The molecule has 0 aromatic heterocycles. The van der Waals surface area contributed by atoms with Crippen LogP contribution in [0.1, 0.15) is 32.8 Å². The molecule has 1 aromatic carbocycles. The van der Waals surface area contributed by atoms with Crippen LogP contribution in [0.15, 0.2) is 36.4 Å². The van der Waals surface area contributed by atoms with Crippen LogP contribution in [0.5, 0.6) is 0 Å². The van der Waals surface area contributed by atoms with Gasteiger partial charge in [-0.15, -0.1) is 0 Å². The lowest BCUT2D eigenvalue weighted by molar-refractivity contribution is -0.166. The molecule has 0 fully saturated rings. The van der Waals surface area contributed by atoms with Crippen LogP contribution in [0.25, 0.3) is 6.08 Å². The number of halogens is 2. The number of alkyl halides is 2. The number of benzene rings is 1. The summed E-state index contributed by atoms with van der Waals surface area (Å²) in [4.78, 5) is 23.0. The first-order valence-electron chi connectivity index (χ1n) is 7.06. The van der Waals surface area contributed by atoms with Gasteiger partial charge in [-0.05, 0) is 32.4 Å². The summed E-state index contributed by atoms with van der Waals surface area (Å²) < 4.78 is 32.5. The number of ether oxygens (including phenoxy) is 1. The van der Waals surface area contributed by atoms with Crippen molar-refractivity contribution < 1.29 is 28.2 Å². The number of Topliss-reactive ketones (excluding diaryl/α,β-unsaturated/α-hetero) is 1. The summed E-state index contributed by atoms with van der Waals surface area (Å²) in [6.45, 7) is 4.68. The number of carbonyl (C=O) groups is 2. The zero-order valence-electron chi connectivity index (χ0n) is 13.3. The molecule has 4 nitrogen and oxygen atoms in total. The highest BCUT2D eigenvalue weighted by atomic mass is 19.3. The predicted molar refractivity (Wildman–Crippen MR) is 81.9 cm³/mol. The minimum absolute atomic E-state index is 0.599. The van der Waals surface area contributed by atoms with Gasteiger partial charge in [-0.3, -0.25) is 9.59 Å². The Morgan fingerprint density at radius 3 is 2.30 bits per heavy atom. The molecule has 0 bridgehead atoms. The van der Waals surface area contributed by atoms with E-state index in [9.17, 15) is 23.5 Å². The lowest BCUT2D eigenvalue weighted by atomic mass is 10.0. The molecule has 0 aliphatic carbocycles. The highest BCUT2D eigenvalue weighted by molar-refractivity contribution is 6.00. The lowest BCUT2D eigenvalue weighted by Gasteiger charge is -2.21. The van der Waals surface area contributed by atoms with Crippen molar-refractivity contribution in [1.29, 1.82) is 0 Å². The smallest absolute Gasteiger partial charge is 0.334 e. The van der Waals surface area contributed by atoms with Gasteiger partial charge in [0.1, 0.15) is 18.1 Å². The normalized spacial score (nSPS) is 13.8. The number of carbonyl (C=O) groups excluding carboxylic acids is 2. The highest BCUT2D eigenvalue weighted by Gasteiger charge is 2.46. The van der Waals surface area contributed by atoms with E-state index in [1.165, 1.54) is 6.08 Å². The van der Waals surface area contributed by atoms with Crippen molar-refractivity contribution in [1.82, 2.24) is 0 Å². The summed E-state index contributed by atoms with van der Waals surface area (Å²) in [5.74, 6) is -6.80. The van der Waals surface area contributed by atoms with Gasteiger partial charge in [0.25, 0.3) is 0 Å². The van der Waals surface area contributed by atoms with Crippen LogP contribution in [-0.4, -0.2) is 34.5 Å². The number of hydrogen-bond donors (Lipinski definition) is 1.